The van der Waals surface area contributed by atoms with Crippen molar-refractivity contribution in [1.29, 1.82) is 0 Å². The lowest BCUT2D eigenvalue weighted by Crippen LogP contribution is -2.49. The molecule has 0 spiro atoms. The van der Waals surface area contributed by atoms with Gasteiger partial charge in [0.1, 0.15) is 11.9 Å². The molecule has 0 saturated carbocycles. The number of carbonyl (C=O) groups excluding carboxylic acids is 1. The monoisotopic (exact) mass is 328 g/mol. The van der Waals surface area contributed by atoms with Gasteiger partial charge in [-0.05, 0) is 5.56 Å². The average molecular weight is 328 g/mol. The lowest BCUT2D eigenvalue weighted by atomic mass is 10.2. The zero-order valence-electron chi connectivity index (χ0n) is 14.0. The Morgan fingerprint density at radius 1 is 1.38 bits per heavy atom. The smallest absolute Gasteiger partial charge is 0.250 e. The van der Waals surface area contributed by atoms with E-state index in [0.29, 0.717) is 19.7 Å². The number of morpholine rings is 1. The van der Waals surface area contributed by atoms with Crippen molar-refractivity contribution in [2.75, 3.05) is 26.2 Å². The van der Waals surface area contributed by atoms with Crippen molar-refractivity contribution >= 4 is 5.91 Å². The van der Waals surface area contributed by atoms with Crippen LogP contribution in [0.1, 0.15) is 11.4 Å². The fourth-order valence-corrected chi connectivity index (χ4v) is 2.90. The summed E-state index contributed by atoms with van der Waals surface area (Å²) in [6.45, 7) is 3.49. The number of aryl methyl sites for hydroxylation is 1. The number of nitrogens with zero attached hydrogens (tertiary/aromatic N) is 3. The lowest BCUT2D eigenvalue weighted by Gasteiger charge is -2.32. The van der Waals surface area contributed by atoms with Gasteiger partial charge < -0.3 is 14.6 Å². The number of rotatable bonds is 6. The minimum Gasteiger partial charge on any atom is -0.366 e. The summed E-state index contributed by atoms with van der Waals surface area (Å²) in [6.07, 6.45) is 3.99. The third-order valence-corrected chi connectivity index (χ3v) is 4.26. The number of carbonyl (C=O) groups is 1. The van der Waals surface area contributed by atoms with Gasteiger partial charge in [0.2, 0.25) is 5.91 Å². The predicted octanol–water partition coefficient (Wildman–Crippen LogP) is 0.980. The van der Waals surface area contributed by atoms with Gasteiger partial charge in [0.15, 0.2) is 0 Å². The molecule has 1 aromatic carbocycles. The maximum atomic E-state index is 12.3. The fourth-order valence-electron chi connectivity index (χ4n) is 2.90. The summed E-state index contributed by atoms with van der Waals surface area (Å²) in [7, 11) is 1.95. The maximum Gasteiger partial charge on any atom is 0.250 e. The molecular formula is C18H24N4O2. The Balaban J connectivity index is 1.45. The Morgan fingerprint density at radius 2 is 2.21 bits per heavy atom. The highest BCUT2D eigenvalue weighted by molar-refractivity contribution is 5.81. The van der Waals surface area contributed by atoms with E-state index in [0.717, 1.165) is 25.3 Å². The fraction of sp³-hybridized carbons (Fsp3) is 0.444. The van der Waals surface area contributed by atoms with E-state index in [1.807, 2.05) is 36.0 Å². The van der Waals surface area contributed by atoms with Crippen LogP contribution >= 0.6 is 0 Å². The molecule has 1 aromatic heterocycles. The highest BCUT2D eigenvalue weighted by atomic mass is 16.5. The second kappa shape index (κ2) is 8.08. The molecule has 1 N–H and O–H groups in total. The van der Waals surface area contributed by atoms with Crippen LogP contribution in [-0.2, 0) is 29.5 Å². The quantitative estimate of drug-likeness (QED) is 0.859. The number of aromatic nitrogens is 2. The second-order valence-electron chi connectivity index (χ2n) is 6.08. The van der Waals surface area contributed by atoms with Crippen molar-refractivity contribution < 1.29 is 9.53 Å². The summed E-state index contributed by atoms with van der Waals surface area (Å²) < 4.78 is 7.61. The Kier molecular flexibility index (Phi) is 5.61. The Labute approximate surface area is 142 Å². The van der Waals surface area contributed by atoms with E-state index in [-0.39, 0.29) is 5.91 Å². The van der Waals surface area contributed by atoms with Gasteiger partial charge in [-0.15, -0.1) is 0 Å². The number of ether oxygens (including phenoxy) is 1. The van der Waals surface area contributed by atoms with E-state index < -0.39 is 6.10 Å². The molecule has 0 radical (unpaired) electrons. The third-order valence-electron chi connectivity index (χ3n) is 4.26. The van der Waals surface area contributed by atoms with Gasteiger partial charge in [0.05, 0.1) is 6.61 Å². The number of hydrogen-bond donors (Lipinski definition) is 1. The first kappa shape index (κ1) is 16.7. The number of nitrogens with one attached hydrogen (secondary N) is 1. The van der Waals surface area contributed by atoms with Crippen LogP contribution in [-0.4, -0.2) is 52.7 Å². The number of amides is 1. The lowest BCUT2D eigenvalue weighted by molar-refractivity contribution is -0.138. The van der Waals surface area contributed by atoms with Crippen LogP contribution in [0, 0.1) is 0 Å². The largest absolute Gasteiger partial charge is 0.366 e. The van der Waals surface area contributed by atoms with Crippen molar-refractivity contribution in [3.05, 3.63) is 54.1 Å². The molecule has 0 bridgehead atoms. The van der Waals surface area contributed by atoms with Gasteiger partial charge in [0, 0.05) is 52.0 Å². The highest BCUT2D eigenvalue weighted by Crippen LogP contribution is 2.10. The predicted molar refractivity (Wildman–Crippen MR) is 91.4 cm³/mol. The maximum absolute atomic E-state index is 12.3. The van der Waals surface area contributed by atoms with Crippen LogP contribution in [0.4, 0.5) is 0 Å². The summed E-state index contributed by atoms with van der Waals surface area (Å²) in [5, 5.41) is 2.96. The molecule has 0 aliphatic carbocycles. The number of imidazole rings is 1. The molecule has 6 nitrogen and oxygen atoms in total. The SMILES string of the molecule is Cn1ccnc1CCNC(=O)[C@H]1CN(Cc2ccccc2)CCO1. The highest BCUT2D eigenvalue weighted by Gasteiger charge is 2.26. The summed E-state index contributed by atoms with van der Waals surface area (Å²) in [5.41, 5.74) is 1.26. The summed E-state index contributed by atoms with van der Waals surface area (Å²) >= 11 is 0. The molecule has 24 heavy (non-hydrogen) atoms. The molecule has 1 saturated heterocycles. The molecule has 1 amide bonds. The molecule has 1 fully saturated rings. The first-order valence-electron chi connectivity index (χ1n) is 8.34. The topological polar surface area (TPSA) is 59.4 Å². The molecule has 3 rings (SSSR count). The standard InChI is InChI=1S/C18H24N4O2/c1-21-10-9-19-17(21)7-8-20-18(23)16-14-22(11-12-24-16)13-15-5-3-2-4-6-15/h2-6,9-10,16H,7-8,11-14H2,1H3,(H,20,23)/t16-/m1/s1. The van der Waals surface area contributed by atoms with Crippen molar-refractivity contribution in [2.24, 2.45) is 7.05 Å². The number of benzene rings is 1. The zero-order valence-corrected chi connectivity index (χ0v) is 14.0. The minimum atomic E-state index is -0.399. The second-order valence-corrected chi connectivity index (χ2v) is 6.08. The van der Waals surface area contributed by atoms with E-state index >= 15 is 0 Å². The summed E-state index contributed by atoms with van der Waals surface area (Å²) in [6, 6.07) is 10.3. The van der Waals surface area contributed by atoms with E-state index in [4.69, 9.17) is 4.74 Å². The molecule has 2 aromatic rings. The van der Waals surface area contributed by atoms with Crippen LogP contribution in [0.25, 0.3) is 0 Å². The summed E-state index contributed by atoms with van der Waals surface area (Å²) in [4.78, 5) is 18.8. The van der Waals surface area contributed by atoms with Gasteiger partial charge in [0.25, 0.3) is 0 Å². The Bertz CT molecular complexity index is 656. The molecule has 1 atom stereocenters. The van der Waals surface area contributed by atoms with Gasteiger partial charge in [-0.25, -0.2) is 4.98 Å². The van der Waals surface area contributed by atoms with E-state index in [2.05, 4.69) is 27.3 Å². The van der Waals surface area contributed by atoms with Crippen molar-refractivity contribution in [3.8, 4) is 0 Å². The van der Waals surface area contributed by atoms with Crippen LogP contribution in [0.2, 0.25) is 0 Å². The number of hydrogen-bond acceptors (Lipinski definition) is 4. The molecule has 1 aliphatic rings. The molecule has 128 valence electrons. The van der Waals surface area contributed by atoms with Gasteiger partial charge in [-0.1, -0.05) is 30.3 Å². The molecule has 0 unspecified atom stereocenters. The first-order valence-corrected chi connectivity index (χ1v) is 8.34. The van der Waals surface area contributed by atoms with Crippen LogP contribution in [0.5, 0.6) is 0 Å². The molecule has 2 heterocycles. The Morgan fingerprint density at radius 3 is 2.96 bits per heavy atom. The third kappa shape index (κ3) is 4.43. The molecule has 1 aliphatic heterocycles. The van der Waals surface area contributed by atoms with E-state index in [1.54, 1.807) is 6.20 Å². The molecular weight excluding hydrogens is 304 g/mol. The van der Waals surface area contributed by atoms with E-state index in [1.165, 1.54) is 5.56 Å². The zero-order chi connectivity index (χ0) is 16.8. The van der Waals surface area contributed by atoms with E-state index in [9.17, 15) is 4.79 Å². The summed E-state index contributed by atoms with van der Waals surface area (Å²) in [5.74, 6) is 0.924. The van der Waals surface area contributed by atoms with Crippen molar-refractivity contribution in [1.82, 2.24) is 19.8 Å². The van der Waals surface area contributed by atoms with Gasteiger partial charge >= 0.3 is 0 Å². The van der Waals surface area contributed by atoms with Crippen LogP contribution in [0.3, 0.4) is 0 Å². The average Bonchev–Trinajstić information content (AvgIpc) is 3.01. The normalized spacial score (nSPS) is 18.5. The van der Waals surface area contributed by atoms with Crippen molar-refractivity contribution in [3.63, 3.8) is 0 Å². The van der Waals surface area contributed by atoms with Crippen molar-refractivity contribution in [2.45, 2.75) is 19.1 Å². The van der Waals surface area contributed by atoms with Crippen LogP contribution in [0.15, 0.2) is 42.7 Å². The Hall–Kier alpha value is -2.18. The van der Waals surface area contributed by atoms with Gasteiger partial charge in [-0.3, -0.25) is 9.69 Å². The first-order chi connectivity index (χ1) is 11.7. The van der Waals surface area contributed by atoms with Gasteiger partial charge in [-0.2, -0.15) is 0 Å². The minimum absolute atomic E-state index is 0.0398. The van der Waals surface area contributed by atoms with Crippen LogP contribution < -0.4 is 5.32 Å². The molecule has 6 heteroatoms.